The van der Waals surface area contributed by atoms with Gasteiger partial charge < -0.3 is 19.9 Å². The SMILES string of the molecule is COc1cc(CNCC2CCCC(O)C2)ccc1OCC(F)(F)F. The van der Waals surface area contributed by atoms with E-state index in [1.165, 1.54) is 13.2 Å². The molecule has 1 saturated carbocycles. The third-order valence-electron chi connectivity index (χ3n) is 4.14. The second-order valence-corrected chi connectivity index (χ2v) is 6.21. The summed E-state index contributed by atoms with van der Waals surface area (Å²) in [5, 5.41) is 13.0. The number of alkyl halides is 3. The number of hydrogen-bond donors (Lipinski definition) is 2. The molecule has 7 heteroatoms. The van der Waals surface area contributed by atoms with Gasteiger partial charge in [0.25, 0.3) is 0 Å². The van der Waals surface area contributed by atoms with E-state index in [0.717, 1.165) is 37.8 Å². The molecule has 24 heavy (non-hydrogen) atoms. The third-order valence-corrected chi connectivity index (χ3v) is 4.14. The summed E-state index contributed by atoms with van der Waals surface area (Å²) in [6.45, 7) is 0.0547. The van der Waals surface area contributed by atoms with E-state index in [0.29, 0.717) is 12.5 Å². The van der Waals surface area contributed by atoms with Crippen molar-refractivity contribution >= 4 is 0 Å². The van der Waals surface area contributed by atoms with E-state index in [2.05, 4.69) is 5.32 Å². The van der Waals surface area contributed by atoms with Gasteiger partial charge in [-0.15, -0.1) is 0 Å². The highest BCUT2D eigenvalue weighted by atomic mass is 19.4. The molecule has 0 saturated heterocycles. The van der Waals surface area contributed by atoms with Crippen LogP contribution in [-0.2, 0) is 6.54 Å². The Hall–Kier alpha value is -1.47. The Bertz CT molecular complexity index is 522. The van der Waals surface area contributed by atoms with Gasteiger partial charge in [0.15, 0.2) is 18.1 Å². The molecule has 0 amide bonds. The van der Waals surface area contributed by atoms with E-state index < -0.39 is 12.8 Å². The minimum atomic E-state index is -4.38. The highest BCUT2D eigenvalue weighted by Crippen LogP contribution is 2.30. The highest BCUT2D eigenvalue weighted by molar-refractivity contribution is 5.43. The zero-order valence-electron chi connectivity index (χ0n) is 13.7. The van der Waals surface area contributed by atoms with E-state index in [1.54, 1.807) is 12.1 Å². The summed E-state index contributed by atoms with van der Waals surface area (Å²) in [5.41, 5.74) is 0.905. The zero-order valence-corrected chi connectivity index (χ0v) is 13.7. The molecule has 1 aliphatic rings. The van der Waals surface area contributed by atoms with E-state index in [1.807, 2.05) is 0 Å². The van der Waals surface area contributed by atoms with Crippen LogP contribution in [0.15, 0.2) is 18.2 Å². The monoisotopic (exact) mass is 347 g/mol. The molecule has 1 aliphatic carbocycles. The minimum Gasteiger partial charge on any atom is -0.493 e. The van der Waals surface area contributed by atoms with Gasteiger partial charge in [0.1, 0.15) is 0 Å². The smallest absolute Gasteiger partial charge is 0.422 e. The van der Waals surface area contributed by atoms with Crippen LogP contribution >= 0.6 is 0 Å². The van der Waals surface area contributed by atoms with Crippen molar-refractivity contribution in [1.29, 1.82) is 0 Å². The van der Waals surface area contributed by atoms with Crippen LogP contribution < -0.4 is 14.8 Å². The predicted octanol–water partition coefficient (Wildman–Crippen LogP) is 3.28. The average molecular weight is 347 g/mol. The molecule has 4 nitrogen and oxygen atoms in total. The Balaban J connectivity index is 1.84. The number of nitrogens with one attached hydrogen (secondary N) is 1. The molecule has 0 aliphatic heterocycles. The van der Waals surface area contributed by atoms with E-state index >= 15 is 0 Å². The van der Waals surface area contributed by atoms with Crippen LogP contribution in [0.3, 0.4) is 0 Å². The van der Waals surface area contributed by atoms with Crippen LogP contribution in [0.1, 0.15) is 31.2 Å². The maximum absolute atomic E-state index is 12.2. The maximum atomic E-state index is 12.2. The number of benzene rings is 1. The molecule has 2 rings (SSSR count). The van der Waals surface area contributed by atoms with Gasteiger partial charge in [-0.2, -0.15) is 13.2 Å². The molecule has 0 heterocycles. The number of aliphatic hydroxyl groups excluding tert-OH is 1. The summed E-state index contributed by atoms with van der Waals surface area (Å²) in [7, 11) is 1.40. The Kier molecular flexibility index (Phi) is 6.74. The van der Waals surface area contributed by atoms with Crippen molar-refractivity contribution in [3.8, 4) is 11.5 Å². The van der Waals surface area contributed by atoms with Gasteiger partial charge >= 0.3 is 6.18 Å². The zero-order chi connectivity index (χ0) is 17.6. The van der Waals surface area contributed by atoms with Crippen molar-refractivity contribution < 1.29 is 27.8 Å². The molecule has 2 N–H and O–H groups in total. The Morgan fingerprint density at radius 3 is 2.71 bits per heavy atom. The van der Waals surface area contributed by atoms with Gasteiger partial charge in [0.05, 0.1) is 13.2 Å². The highest BCUT2D eigenvalue weighted by Gasteiger charge is 2.29. The normalized spacial score (nSPS) is 21.5. The molecule has 1 aromatic carbocycles. The van der Waals surface area contributed by atoms with Gasteiger partial charge in [-0.25, -0.2) is 0 Å². The summed E-state index contributed by atoms with van der Waals surface area (Å²) in [6.07, 6.45) is -0.719. The van der Waals surface area contributed by atoms with Gasteiger partial charge in [-0.3, -0.25) is 0 Å². The molecule has 136 valence electrons. The summed E-state index contributed by atoms with van der Waals surface area (Å²) in [5.74, 6) is 0.825. The first-order valence-electron chi connectivity index (χ1n) is 8.12. The lowest BCUT2D eigenvalue weighted by Crippen LogP contribution is -2.28. The van der Waals surface area contributed by atoms with E-state index in [9.17, 15) is 18.3 Å². The van der Waals surface area contributed by atoms with Crippen molar-refractivity contribution in [2.45, 2.75) is 44.5 Å². The van der Waals surface area contributed by atoms with Gasteiger partial charge in [-0.05, 0) is 49.4 Å². The lowest BCUT2D eigenvalue weighted by atomic mass is 9.87. The lowest BCUT2D eigenvalue weighted by molar-refractivity contribution is -0.153. The van der Waals surface area contributed by atoms with Gasteiger partial charge in [0.2, 0.25) is 0 Å². The standard InChI is InChI=1S/C17H24F3NO3/c1-23-16-8-13(5-6-15(16)24-11-17(18,19)20)10-21-9-12-3-2-4-14(22)7-12/h5-6,8,12,14,21-22H,2-4,7,9-11H2,1H3. The molecule has 1 aromatic rings. The molecule has 0 bridgehead atoms. The van der Waals surface area contributed by atoms with Crippen LogP contribution in [0.4, 0.5) is 13.2 Å². The molecule has 2 atom stereocenters. The quantitative estimate of drug-likeness (QED) is 0.795. The average Bonchev–Trinajstić information content (AvgIpc) is 2.52. The number of hydrogen-bond acceptors (Lipinski definition) is 4. The van der Waals surface area contributed by atoms with Crippen molar-refractivity contribution in [3.05, 3.63) is 23.8 Å². The minimum absolute atomic E-state index is 0.0778. The first-order chi connectivity index (χ1) is 11.4. The first kappa shape index (κ1) is 18.9. The molecular formula is C17H24F3NO3. The maximum Gasteiger partial charge on any atom is 0.422 e. The number of aliphatic hydroxyl groups is 1. The van der Waals surface area contributed by atoms with Gasteiger partial charge in [-0.1, -0.05) is 12.5 Å². The fourth-order valence-electron chi connectivity index (χ4n) is 2.97. The first-order valence-corrected chi connectivity index (χ1v) is 8.12. The van der Waals surface area contributed by atoms with E-state index in [-0.39, 0.29) is 17.6 Å². The fourth-order valence-corrected chi connectivity index (χ4v) is 2.97. The van der Waals surface area contributed by atoms with Crippen LogP contribution in [0.25, 0.3) is 0 Å². The van der Waals surface area contributed by atoms with Crippen LogP contribution in [0, 0.1) is 5.92 Å². The van der Waals surface area contributed by atoms with Crippen LogP contribution in [-0.4, -0.2) is 37.6 Å². The van der Waals surface area contributed by atoms with Crippen molar-refractivity contribution in [3.63, 3.8) is 0 Å². The Labute approximate surface area is 140 Å². The fraction of sp³-hybridized carbons (Fsp3) is 0.647. The summed E-state index contributed by atoms with van der Waals surface area (Å²) in [6, 6.07) is 4.89. The lowest BCUT2D eigenvalue weighted by Gasteiger charge is -2.26. The van der Waals surface area contributed by atoms with E-state index in [4.69, 9.17) is 9.47 Å². The topological polar surface area (TPSA) is 50.7 Å². The molecule has 2 unspecified atom stereocenters. The molecule has 0 spiro atoms. The number of halogens is 3. The van der Waals surface area contributed by atoms with Crippen molar-refractivity contribution in [1.82, 2.24) is 5.32 Å². The van der Waals surface area contributed by atoms with Crippen LogP contribution in [0.5, 0.6) is 11.5 Å². The number of methoxy groups -OCH3 is 1. The predicted molar refractivity (Wildman–Crippen MR) is 84.2 cm³/mol. The molecule has 0 aromatic heterocycles. The molecule has 0 radical (unpaired) electrons. The Morgan fingerprint density at radius 1 is 1.25 bits per heavy atom. The summed E-state index contributed by atoms with van der Waals surface area (Å²) in [4.78, 5) is 0. The largest absolute Gasteiger partial charge is 0.493 e. The summed E-state index contributed by atoms with van der Waals surface area (Å²) < 4.78 is 46.6. The molecular weight excluding hydrogens is 323 g/mol. The van der Waals surface area contributed by atoms with Crippen LogP contribution in [0.2, 0.25) is 0 Å². The number of rotatable bonds is 7. The third kappa shape index (κ3) is 6.20. The van der Waals surface area contributed by atoms with Gasteiger partial charge in [0, 0.05) is 6.54 Å². The Morgan fingerprint density at radius 2 is 2.04 bits per heavy atom. The summed E-state index contributed by atoms with van der Waals surface area (Å²) >= 11 is 0. The number of ether oxygens (including phenoxy) is 2. The molecule has 1 fully saturated rings. The second kappa shape index (κ2) is 8.58. The second-order valence-electron chi connectivity index (χ2n) is 6.21. The van der Waals surface area contributed by atoms with Crippen molar-refractivity contribution in [2.24, 2.45) is 5.92 Å². The van der Waals surface area contributed by atoms with Crippen molar-refractivity contribution in [2.75, 3.05) is 20.3 Å².